The van der Waals surface area contributed by atoms with Gasteiger partial charge in [0.2, 0.25) is 5.91 Å². The maximum absolute atomic E-state index is 14.4. The lowest BCUT2D eigenvalue weighted by Crippen LogP contribution is -2.38. The number of carbonyl (C=O) groups excluding carboxylic acids is 1. The largest absolute Gasteiger partial charge is 0.325 e. The van der Waals surface area contributed by atoms with Crippen molar-refractivity contribution >= 4 is 27.3 Å². The van der Waals surface area contributed by atoms with Crippen LogP contribution >= 0.6 is 0 Å². The molecule has 3 aromatic carbocycles. The van der Waals surface area contributed by atoms with E-state index in [0.717, 1.165) is 22.4 Å². The minimum Gasteiger partial charge on any atom is -0.325 e. The Hall–Kier alpha value is -3.19. The number of halogens is 1. The van der Waals surface area contributed by atoms with Crippen molar-refractivity contribution in [1.29, 1.82) is 0 Å². The Morgan fingerprint density at radius 1 is 0.931 bits per heavy atom. The van der Waals surface area contributed by atoms with Crippen molar-refractivity contribution in [2.75, 3.05) is 16.2 Å². The van der Waals surface area contributed by atoms with Crippen molar-refractivity contribution in [2.24, 2.45) is 0 Å². The molecule has 3 aromatic rings. The van der Waals surface area contributed by atoms with Crippen molar-refractivity contribution in [3.05, 3.63) is 90.2 Å². The molecule has 0 saturated carbocycles. The summed E-state index contributed by atoms with van der Waals surface area (Å²) in [6.45, 7) is 1.46. The highest BCUT2D eigenvalue weighted by Crippen LogP contribution is 2.26. The van der Waals surface area contributed by atoms with Gasteiger partial charge in [0.05, 0.1) is 10.6 Å². The number of rotatable bonds is 7. The molecule has 1 amide bonds. The van der Waals surface area contributed by atoms with E-state index in [0.29, 0.717) is 5.69 Å². The monoisotopic (exact) mass is 412 g/mol. The summed E-state index contributed by atoms with van der Waals surface area (Å²) < 4.78 is 41.5. The van der Waals surface area contributed by atoms with E-state index in [4.69, 9.17) is 0 Å². The van der Waals surface area contributed by atoms with Gasteiger partial charge in [0.25, 0.3) is 10.0 Å². The molecular formula is C22H21FN2O3S. The molecule has 0 aromatic heterocycles. The van der Waals surface area contributed by atoms with Gasteiger partial charge in [-0.2, -0.15) is 0 Å². The van der Waals surface area contributed by atoms with Crippen LogP contribution in [-0.4, -0.2) is 20.9 Å². The summed E-state index contributed by atoms with van der Waals surface area (Å²) in [7, 11) is -4.14. The summed E-state index contributed by atoms with van der Waals surface area (Å²) in [5.41, 5.74) is 1.47. The molecule has 0 spiro atoms. The highest BCUT2D eigenvalue weighted by molar-refractivity contribution is 7.92. The maximum Gasteiger partial charge on any atom is 0.264 e. The number of benzene rings is 3. The number of nitrogens with zero attached hydrogens (tertiary/aromatic N) is 1. The molecular weight excluding hydrogens is 391 g/mol. The molecule has 1 N–H and O–H groups in total. The first-order valence-electron chi connectivity index (χ1n) is 9.13. The zero-order valence-corrected chi connectivity index (χ0v) is 16.7. The highest BCUT2D eigenvalue weighted by Gasteiger charge is 2.29. The van der Waals surface area contributed by atoms with E-state index >= 15 is 0 Å². The average molecular weight is 412 g/mol. The van der Waals surface area contributed by atoms with Crippen molar-refractivity contribution in [1.82, 2.24) is 0 Å². The van der Waals surface area contributed by atoms with Crippen LogP contribution in [0.25, 0.3) is 0 Å². The number of para-hydroxylation sites is 1. The van der Waals surface area contributed by atoms with Crippen molar-refractivity contribution in [3.8, 4) is 0 Å². The minimum absolute atomic E-state index is 0.0247. The van der Waals surface area contributed by atoms with Crippen LogP contribution in [0.5, 0.6) is 0 Å². The van der Waals surface area contributed by atoms with Gasteiger partial charge in [-0.1, -0.05) is 49.4 Å². The number of hydrogen-bond donors (Lipinski definition) is 1. The predicted molar refractivity (Wildman–Crippen MR) is 112 cm³/mol. The van der Waals surface area contributed by atoms with E-state index in [1.165, 1.54) is 30.3 Å². The van der Waals surface area contributed by atoms with Gasteiger partial charge in [0, 0.05) is 5.69 Å². The second-order valence-electron chi connectivity index (χ2n) is 6.37. The topological polar surface area (TPSA) is 66.5 Å². The van der Waals surface area contributed by atoms with Crippen LogP contribution in [0.15, 0.2) is 83.8 Å². The van der Waals surface area contributed by atoms with E-state index in [2.05, 4.69) is 5.32 Å². The van der Waals surface area contributed by atoms with Crippen molar-refractivity contribution in [2.45, 2.75) is 18.2 Å². The second-order valence-corrected chi connectivity index (χ2v) is 8.24. The van der Waals surface area contributed by atoms with E-state index in [9.17, 15) is 17.6 Å². The lowest BCUT2D eigenvalue weighted by atomic mass is 10.1. The molecule has 7 heteroatoms. The second kappa shape index (κ2) is 8.87. The summed E-state index contributed by atoms with van der Waals surface area (Å²) in [4.78, 5) is 12.6. The Bertz CT molecular complexity index is 1080. The van der Waals surface area contributed by atoms with Gasteiger partial charge in [-0.05, 0) is 48.4 Å². The van der Waals surface area contributed by atoms with Crippen LogP contribution in [0.2, 0.25) is 0 Å². The van der Waals surface area contributed by atoms with E-state index < -0.39 is 28.3 Å². The number of aryl methyl sites for hydroxylation is 1. The Morgan fingerprint density at radius 3 is 2.17 bits per heavy atom. The average Bonchev–Trinajstić information content (AvgIpc) is 2.74. The van der Waals surface area contributed by atoms with Gasteiger partial charge >= 0.3 is 0 Å². The van der Waals surface area contributed by atoms with E-state index in [-0.39, 0.29) is 10.6 Å². The van der Waals surface area contributed by atoms with Gasteiger partial charge < -0.3 is 5.32 Å². The minimum atomic E-state index is -4.14. The lowest BCUT2D eigenvalue weighted by molar-refractivity contribution is -0.114. The third kappa shape index (κ3) is 4.81. The molecule has 0 fully saturated rings. The molecule has 150 valence electrons. The fourth-order valence-electron chi connectivity index (χ4n) is 2.83. The standard InChI is InChI=1S/C22H21FN2O3S/c1-2-17-12-14-18(15-13-17)24-22(26)16-25(21-11-7-6-10-20(21)23)29(27,28)19-8-4-3-5-9-19/h3-15H,2,16H2,1H3,(H,24,26). The molecule has 0 aliphatic heterocycles. The Labute approximate surface area is 169 Å². The zero-order valence-electron chi connectivity index (χ0n) is 15.9. The van der Waals surface area contributed by atoms with E-state index in [1.807, 2.05) is 19.1 Å². The number of sulfonamides is 1. The van der Waals surface area contributed by atoms with Crippen molar-refractivity contribution < 1.29 is 17.6 Å². The van der Waals surface area contributed by atoms with Gasteiger partial charge in [-0.3, -0.25) is 9.10 Å². The summed E-state index contributed by atoms with van der Waals surface area (Å²) in [6.07, 6.45) is 0.866. The maximum atomic E-state index is 14.4. The molecule has 0 saturated heterocycles. The van der Waals surface area contributed by atoms with Crippen LogP contribution in [0.1, 0.15) is 12.5 Å². The molecule has 0 aliphatic carbocycles. The highest BCUT2D eigenvalue weighted by atomic mass is 32.2. The first-order valence-corrected chi connectivity index (χ1v) is 10.6. The first kappa shape index (κ1) is 20.5. The number of carbonyl (C=O) groups is 1. The molecule has 0 radical (unpaired) electrons. The molecule has 5 nitrogen and oxygen atoms in total. The number of nitrogens with one attached hydrogen (secondary N) is 1. The van der Waals surface area contributed by atoms with Crippen LogP contribution in [0.3, 0.4) is 0 Å². The third-order valence-electron chi connectivity index (χ3n) is 4.39. The molecule has 0 atom stereocenters. The summed E-state index contributed by atoms with van der Waals surface area (Å²) >= 11 is 0. The predicted octanol–water partition coefficient (Wildman–Crippen LogP) is 4.22. The van der Waals surface area contributed by atoms with E-state index in [1.54, 1.807) is 30.3 Å². The fourth-order valence-corrected chi connectivity index (χ4v) is 4.28. The Kier molecular flexibility index (Phi) is 6.29. The van der Waals surface area contributed by atoms with Crippen LogP contribution in [0, 0.1) is 5.82 Å². The SMILES string of the molecule is CCc1ccc(NC(=O)CN(c2ccccc2F)S(=O)(=O)c2ccccc2)cc1. The normalized spacial score (nSPS) is 11.1. The number of anilines is 2. The molecule has 0 aliphatic rings. The van der Waals surface area contributed by atoms with Crippen LogP contribution in [-0.2, 0) is 21.2 Å². The molecule has 0 heterocycles. The Morgan fingerprint density at radius 2 is 1.55 bits per heavy atom. The summed E-state index contributed by atoms with van der Waals surface area (Å²) in [5.74, 6) is -1.30. The van der Waals surface area contributed by atoms with Gasteiger partial charge in [-0.25, -0.2) is 12.8 Å². The lowest BCUT2D eigenvalue weighted by Gasteiger charge is -2.24. The molecule has 0 unspecified atom stereocenters. The first-order chi connectivity index (χ1) is 13.9. The molecule has 0 bridgehead atoms. The van der Waals surface area contributed by atoms with Gasteiger partial charge in [-0.15, -0.1) is 0 Å². The number of amides is 1. The number of hydrogen-bond acceptors (Lipinski definition) is 3. The molecule has 29 heavy (non-hydrogen) atoms. The van der Waals surface area contributed by atoms with Gasteiger partial charge in [0.15, 0.2) is 0 Å². The van der Waals surface area contributed by atoms with Crippen molar-refractivity contribution in [3.63, 3.8) is 0 Å². The van der Waals surface area contributed by atoms with Gasteiger partial charge in [0.1, 0.15) is 12.4 Å². The smallest absolute Gasteiger partial charge is 0.264 e. The fraction of sp³-hybridized carbons (Fsp3) is 0.136. The summed E-state index contributed by atoms with van der Waals surface area (Å²) in [6, 6.07) is 20.4. The van der Waals surface area contributed by atoms with Crippen LogP contribution < -0.4 is 9.62 Å². The Balaban J connectivity index is 1.91. The zero-order chi connectivity index (χ0) is 20.9. The molecule has 3 rings (SSSR count). The third-order valence-corrected chi connectivity index (χ3v) is 6.16. The van der Waals surface area contributed by atoms with Crippen LogP contribution in [0.4, 0.5) is 15.8 Å². The quantitative estimate of drug-likeness (QED) is 0.632. The summed E-state index contributed by atoms with van der Waals surface area (Å²) in [5, 5.41) is 2.67.